The molecule has 1 aromatic heterocycles. The summed E-state index contributed by atoms with van der Waals surface area (Å²) in [4.78, 5) is 17.1. The highest BCUT2D eigenvalue weighted by Gasteiger charge is 2.28. The van der Waals surface area contributed by atoms with Crippen LogP contribution in [-0.4, -0.2) is 22.0 Å². The molecule has 0 saturated heterocycles. The minimum absolute atomic E-state index is 0.0358. The monoisotopic (exact) mass is 385 g/mol. The van der Waals surface area contributed by atoms with Crippen molar-refractivity contribution in [1.82, 2.24) is 14.9 Å². The van der Waals surface area contributed by atoms with Gasteiger partial charge in [0.2, 0.25) is 0 Å². The van der Waals surface area contributed by atoms with E-state index >= 15 is 0 Å². The van der Waals surface area contributed by atoms with Crippen LogP contribution in [0, 0.1) is 5.82 Å². The number of hydrogen-bond acceptors (Lipinski definition) is 2. The maximum atomic E-state index is 13.2. The van der Waals surface area contributed by atoms with Crippen LogP contribution < -0.4 is 5.32 Å². The van der Waals surface area contributed by atoms with Crippen LogP contribution in [0.4, 0.5) is 4.39 Å². The zero-order valence-corrected chi connectivity index (χ0v) is 15.8. The van der Waals surface area contributed by atoms with Gasteiger partial charge in [-0.2, -0.15) is 0 Å². The largest absolute Gasteiger partial charge is 0.350 e. The summed E-state index contributed by atoms with van der Waals surface area (Å²) in [7, 11) is 0. The Labute approximate surface area is 168 Å². The molecule has 5 heteroatoms. The molecule has 0 spiro atoms. The summed E-state index contributed by atoms with van der Waals surface area (Å²) in [5.41, 5.74) is 5.09. The van der Waals surface area contributed by atoms with Gasteiger partial charge in [-0.1, -0.05) is 54.6 Å². The summed E-state index contributed by atoms with van der Waals surface area (Å²) >= 11 is 0. The first-order valence-corrected chi connectivity index (χ1v) is 9.74. The second kappa shape index (κ2) is 7.17. The Morgan fingerprint density at radius 1 is 1.17 bits per heavy atom. The van der Waals surface area contributed by atoms with E-state index in [9.17, 15) is 9.18 Å². The number of nitrogens with zero attached hydrogens (tertiary/aromatic N) is 2. The van der Waals surface area contributed by atoms with Crippen molar-refractivity contribution in [3.8, 4) is 11.3 Å². The van der Waals surface area contributed by atoms with E-state index in [0.29, 0.717) is 12.1 Å². The quantitative estimate of drug-likeness (QED) is 0.725. The molecule has 144 valence electrons. The SMILES string of the molecule is O=C(NC[C@@H]1c2ccccc2-c2cncn21)C1=CC(c2ccc(F)cc2)CC=C1. The van der Waals surface area contributed by atoms with Crippen molar-refractivity contribution < 1.29 is 9.18 Å². The van der Waals surface area contributed by atoms with Crippen molar-refractivity contribution in [1.29, 1.82) is 0 Å². The van der Waals surface area contributed by atoms with Gasteiger partial charge in [0.15, 0.2) is 0 Å². The highest BCUT2D eigenvalue weighted by atomic mass is 19.1. The van der Waals surface area contributed by atoms with Gasteiger partial charge in [0.25, 0.3) is 5.91 Å². The van der Waals surface area contributed by atoms with E-state index < -0.39 is 0 Å². The summed E-state index contributed by atoms with van der Waals surface area (Å²) in [5.74, 6) is -0.273. The van der Waals surface area contributed by atoms with E-state index in [-0.39, 0.29) is 23.7 Å². The Morgan fingerprint density at radius 3 is 2.86 bits per heavy atom. The summed E-state index contributed by atoms with van der Waals surface area (Å²) in [6.07, 6.45) is 10.3. The molecule has 2 atom stereocenters. The van der Waals surface area contributed by atoms with Gasteiger partial charge in [-0.3, -0.25) is 4.79 Å². The lowest BCUT2D eigenvalue weighted by Crippen LogP contribution is -2.31. The van der Waals surface area contributed by atoms with E-state index in [4.69, 9.17) is 0 Å². The van der Waals surface area contributed by atoms with Crippen molar-refractivity contribution in [3.63, 3.8) is 0 Å². The molecule has 29 heavy (non-hydrogen) atoms. The van der Waals surface area contributed by atoms with E-state index in [1.54, 1.807) is 12.1 Å². The van der Waals surface area contributed by atoms with Crippen molar-refractivity contribution >= 4 is 5.91 Å². The number of allylic oxidation sites excluding steroid dienone is 2. The van der Waals surface area contributed by atoms with Crippen molar-refractivity contribution in [2.24, 2.45) is 0 Å². The lowest BCUT2D eigenvalue weighted by molar-refractivity contribution is -0.117. The van der Waals surface area contributed by atoms with Gasteiger partial charge < -0.3 is 9.88 Å². The number of nitrogens with one attached hydrogen (secondary N) is 1. The van der Waals surface area contributed by atoms with Crippen molar-refractivity contribution in [3.05, 3.63) is 102 Å². The Hall–Kier alpha value is -3.47. The highest BCUT2D eigenvalue weighted by Crippen LogP contribution is 2.38. The van der Waals surface area contributed by atoms with Gasteiger partial charge in [-0.05, 0) is 29.7 Å². The molecular weight excluding hydrogens is 365 g/mol. The number of fused-ring (bicyclic) bond motifs is 3. The normalized spacial score (nSPS) is 19.4. The third-order valence-corrected chi connectivity index (χ3v) is 5.68. The van der Waals surface area contributed by atoms with Gasteiger partial charge in [0.1, 0.15) is 5.82 Å². The number of aromatic nitrogens is 2. The molecule has 0 fully saturated rings. The fourth-order valence-corrected chi connectivity index (χ4v) is 4.21. The molecule has 2 aliphatic rings. The first kappa shape index (κ1) is 17.6. The Kier molecular flexibility index (Phi) is 4.35. The van der Waals surface area contributed by atoms with Crippen LogP contribution in [0.5, 0.6) is 0 Å². The molecule has 1 N–H and O–H groups in total. The smallest absolute Gasteiger partial charge is 0.251 e. The molecular formula is C24H20FN3O. The van der Waals surface area contributed by atoms with E-state index in [1.165, 1.54) is 17.7 Å². The third-order valence-electron chi connectivity index (χ3n) is 5.68. The second-order valence-corrected chi connectivity index (χ2v) is 7.42. The summed E-state index contributed by atoms with van der Waals surface area (Å²) in [6, 6.07) is 14.7. The summed E-state index contributed by atoms with van der Waals surface area (Å²) in [5, 5.41) is 3.08. The Bertz CT molecular complexity index is 1130. The van der Waals surface area contributed by atoms with Crippen molar-refractivity contribution in [2.45, 2.75) is 18.4 Å². The zero-order valence-electron chi connectivity index (χ0n) is 15.8. The number of amides is 1. The topological polar surface area (TPSA) is 46.9 Å². The zero-order chi connectivity index (χ0) is 19.8. The average molecular weight is 385 g/mol. The molecule has 1 aliphatic carbocycles. The maximum Gasteiger partial charge on any atom is 0.251 e. The molecule has 4 nitrogen and oxygen atoms in total. The minimum Gasteiger partial charge on any atom is -0.350 e. The van der Waals surface area contributed by atoms with Crippen LogP contribution in [0.15, 0.2) is 84.9 Å². The fraction of sp³-hybridized carbons (Fsp3) is 0.167. The van der Waals surface area contributed by atoms with E-state index in [1.807, 2.05) is 42.9 Å². The van der Waals surface area contributed by atoms with Gasteiger partial charge in [0.05, 0.1) is 24.3 Å². The summed E-state index contributed by atoms with van der Waals surface area (Å²) < 4.78 is 15.3. The van der Waals surface area contributed by atoms with Crippen LogP contribution in [0.1, 0.15) is 29.5 Å². The number of hydrogen-bond donors (Lipinski definition) is 1. The molecule has 5 rings (SSSR count). The molecule has 2 aromatic carbocycles. The Morgan fingerprint density at radius 2 is 2.00 bits per heavy atom. The van der Waals surface area contributed by atoms with Gasteiger partial charge in [-0.25, -0.2) is 9.37 Å². The predicted molar refractivity (Wildman–Crippen MR) is 110 cm³/mol. The number of carbonyl (C=O) groups excluding carboxylic acids is 1. The van der Waals surface area contributed by atoms with Crippen LogP contribution in [-0.2, 0) is 4.79 Å². The average Bonchev–Trinajstić information content (AvgIpc) is 3.34. The number of imidazole rings is 1. The minimum atomic E-state index is -0.252. The van der Waals surface area contributed by atoms with Crippen molar-refractivity contribution in [2.75, 3.05) is 6.54 Å². The number of benzene rings is 2. The first-order valence-electron chi connectivity index (χ1n) is 9.74. The molecule has 1 amide bonds. The van der Waals surface area contributed by atoms with Crippen LogP contribution >= 0.6 is 0 Å². The van der Waals surface area contributed by atoms with Gasteiger partial charge >= 0.3 is 0 Å². The lowest BCUT2D eigenvalue weighted by Gasteiger charge is -2.19. The summed E-state index contributed by atoms with van der Waals surface area (Å²) in [6.45, 7) is 0.492. The molecule has 2 heterocycles. The van der Waals surface area contributed by atoms with Crippen LogP contribution in [0.3, 0.4) is 0 Å². The lowest BCUT2D eigenvalue weighted by atomic mass is 9.89. The van der Waals surface area contributed by atoms with E-state index in [2.05, 4.69) is 27.0 Å². The Balaban J connectivity index is 1.32. The highest BCUT2D eigenvalue weighted by molar-refractivity contribution is 5.96. The van der Waals surface area contributed by atoms with E-state index in [0.717, 1.165) is 23.2 Å². The first-order chi connectivity index (χ1) is 14.2. The van der Waals surface area contributed by atoms with Gasteiger partial charge in [-0.15, -0.1) is 0 Å². The second-order valence-electron chi connectivity index (χ2n) is 7.42. The van der Waals surface area contributed by atoms with Gasteiger partial charge in [0, 0.05) is 23.6 Å². The molecule has 0 radical (unpaired) electrons. The molecule has 1 unspecified atom stereocenters. The van der Waals surface area contributed by atoms with Crippen LogP contribution in [0.25, 0.3) is 11.3 Å². The molecule has 0 bridgehead atoms. The third kappa shape index (κ3) is 3.18. The fourth-order valence-electron chi connectivity index (χ4n) is 4.21. The number of halogens is 1. The number of carbonyl (C=O) groups is 1. The number of rotatable bonds is 4. The molecule has 3 aromatic rings. The molecule has 1 aliphatic heterocycles. The maximum absolute atomic E-state index is 13.2. The molecule has 0 saturated carbocycles. The van der Waals surface area contributed by atoms with Crippen LogP contribution in [0.2, 0.25) is 0 Å². The standard InChI is InChI=1S/C24H20FN3O/c25-19-10-8-16(9-11-19)17-4-3-5-18(12-17)24(29)27-14-23-21-7-2-1-6-20(21)22-13-26-15-28(22)23/h1-3,5-13,15,17,23H,4,14H2,(H,27,29)/t17?,23-/m1/s1. The predicted octanol–water partition coefficient (Wildman–Crippen LogP) is 4.38.